The second kappa shape index (κ2) is 4.93. The van der Waals surface area contributed by atoms with Crippen molar-refractivity contribution in [2.24, 2.45) is 5.11 Å². The largest absolute Gasteiger partial charge is 0.296 e. The highest BCUT2D eigenvalue weighted by atomic mass is 32.2. The van der Waals surface area contributed by atoms with Crippen LogP contribution in [0.15, 0.2) is 28.2 Å². The van der Waals surface area contributed by atoms with Gasteiger partial charge in [0.15, 0.2) is 0 Å². The van der Waals surface area contributed by atoms with Gasteiger partial charge in [0.1, 0.15) is 4.90 Å². The molecule has 0 unspecified atom stereocenters. The predicted molar refractivity (Wildman–Crippen MR) is 66.8 cm³/mol. The molecule has 1 aliphatic heterocycles. The van der Waals surface area contributed by atoms with Crippen molar-refractivity contribution >= 4 is 33.3 Å². The number of benzene rings is 1. The quantitative estimate of drug-likeness (QED) is 0.296. The Balaban J connectivity index is 2.80. The molecule has 1 aromatic carbocycles. The molecule has 0 bridgehead atoms. The third-order valence-electron chi connectivity index (χ3n) is 2.68. The smallest absolute Gasteiger partial charge is 0.282 e. The molecule has 0 aromatic heterocycles. The number of para-hydroxylation sites is 1. The van der Waals surface area contributed by atoms with Gasteiger partial charge in [-0.2, -0.15) is 8.42 Å². The minimum absolute atomic E-state index is 0.0750. The van der Waals surface area contributed by atoms with Crippen LogP contribution in [0.1, 0.15) is 12.8 Å². The fraction of sp³-hybridized carbons (Fsp3) is 0.200. The monoisotopic (exact) mass is 296 g/mol. The molecule has 1 heterocycles. The minimum Gasteiger partial charge on any atom is -0.282 e. The SMILES string of the molecule is [N-]=[N+]=Nc1cccc(S(=O)(=O)O)c1N1C(=O)CCC1=O. The van der Waals surface area contributed by atoms with Gasteiger partial charge in [-0.1, -0.05) is 17.2 Å². The van der Waals surface area contributed by atoms with Crippen molar-refractivity contribution in [1.82, 2.24) is 0 Å². The second-order valence-electron chi connectivity index (χ2n) is 3.91. The number of nitrogens with zero attached hydrogens (tertiary/aromatic N) is 4. The molecule has 0 radical (unpaired) electrons. The Hall–Kier alpha value is -2.42. The number of amides is 2. The van der Waals surface area contributed by atoms with Crippen LogP contribution in [0.5, 0.6) is 0 Å². The molecule has 9 nitrogen and oxygen atoms in total. The first-order chi connectivity index (χ1) is 9.36. The molecule has 1 aromatic rings. The topological polar surface area (TPSA) is 141 Å². The molecule has 1 saturated heterocycles. The molecule has 1 aliphatic rings. The van der Waals surface area contributed by atoms with E-state index in [0.29, 0.717) is 4.90 Å². The highest BCUT2D eigenvalue weighted by Gasteiger charge is 2.35. The third-order valence-corrected chi connectivity index (χ3v) is 3.57. The van der Waals surface area contributed by atoms with Gasteiger partial charge in [0.2, 0.25) is 11.8 Å². The molecule has 20 heavy (non-hydrogen) atoms. The van der Waals surface area contributed by atoms with Gasteiger partial charge in [0, 0.05) is 17.8 Å². The summed E-state index contributed by atoms with van der Waals surface area (Å²) in [4.78, 5) is 25.9. The van der Waals surface area contributed by atoms with Gasteiger partial charge in [-0.25, -0.2) is 4.90 Å². The molecule has 2 amide bonds. The van der Waals surface area contributed by atoms with Crippen LogP contribution >= 0.6 is 0 Å². The van der Waals surface area contributed by atoms with Gasteiger partial charge in [0.05, 0.1) is 11.4 Å². The minimum atomic E-state index is -4.69. The molecule has 104 valence electrons. The van der Waals surface area contributed by atoms with Crippen molar-refractivity contribution in [1.29, 1.82) is 0 Å². The third kappa shape index (κ3) is 2.35. The maximum absolute atomic E-state index is 11.7. The number of carbonyl (C=O) groups excluding carboxylic acids is 2. The Bertz CT molecular complexity index is 735. The van der Waals surface area contributed by atoms with Crippen LogP contribution in [-0.4, -0.2) is 24.8 Å². The van der Waals surface area contributed by atoms with Crippen LogP contribution in [0, 0.1) is 0 Å². The molecular weight excluding hydrogens is 288 g/mol. The van der Waals surface area contributed by atoms with E-state index in [9.17, 15) is 22.6 Å². The van der Waals surface area contributed by atoms with E-state index in [0.717, 1.165) is 6.07 Å². The average Bonchev–Trinajstić information content (AvgIpc) is 2.68. The highest BCUT2D eigenvalue weighted by Crippen LogP contribution is 2.38. The Morgan fingerprint density at radius 2 is 1.85 bits per heavy atom. The summed E-state index contributed by atoms with van der Waals surface area (Å²) in [6, 6.07) is 3.48. The van der Waals surface area contributed by atoms with Gasteiger partial charge in [-0.3, -0.25) is 14.1 Å². The Morgan fingerprint density at radius 3 is 2.35 bits per heavy atom. The molecule has 10 heteroatoms. The predicted octanol–water partition coefficient (Wildman–Crippen LogP) is 1.53. The van der Waals surface area contributed by atoms with Gasteiger partial charge in [-0.05, 0) is 11.6 Å². The van der Waals surface area contributed by atoms with E-state index >= 15 is 0 Å². The van der Waals surface area contributed by atoms with Crippen molar-refractivity contribution in [3.05, 3.63) is 28.6 Å². The zero-order valence-electron chi connectivity index (χ0n) is 9.92. The lowest BCUT2D eigenvalue weighted by molar-refractivity contribution is -0.121. The van der Waals surface area contributed by atoms with Crippen molar-refractivity contribution in [3.8, 4) is 0 Å². The Labute approximate surface area is 113 Å². The zero-order valence-corrected chi connectivity index (χ0v) is 10.7. The van der Waals surface area contributed by atoms with Crippen molar-refractivity contribution in [3.63, 3.8) is 0 Å². The van der Waals surface area contributed by atoms with Crippen molar-refractivity contribution < 1.29 is 22.6 Å². The van der Waals surface area contributed by atoms with E-state index in [1.165, 1.54) is 12.1 Å². The van der Waals surface area contributed by atoms with Crippen LogP contribution in [0.2, 0.25) is 0 Å². The molecule has 0 atom stereocenters. The molecule has 0 aliphatic carbocycles. The number of hydrogen-bond acceptors (Lipinski definition) is 5. The van der Waals surface area contributed by atoms with E-state index in [1.54, 1.807) is 0 Å². The van der Waals surface area contributed by atoms with E-state index < -0.39 is 32.5 Å². The average molecular weight is 296 g/mol. The second-order valence-corrected chi connectivity index (χ2v) is 5.30. The standard InChI is InChI=1S/C10H8N4O5S/c11-13-12-6-2-1-3-7(20(17,18)19)10(6)14-8(15)4-5-9(14)16/h1-3H,4-5H2,(H,17,18,19). The van der Waals surface area contributed by atoms with Gasteiger partial charge in [0.25, 0.3) is 10.1 Å². The number of hydrogen-bond donors (Lipinski definition) is 1. The number of anilines is 1. The van der Waals surface area contributed by atoms with Crippen LogP contribution in [0.25, 0.3) is 10.4 Å². The van der Waals surface area contributed by atoms with E-state index in [1.807, 2.05) is 0 Å². The summed E-state index contributed by atoms with van der Waals surface area (Å²) in [5.74, 6) is -1.25. The van der Waals surface area contributed by atoms with Crippen molar-refractivity contribution in [2.45, 2.75) is 17.7 Å². The van der Waals surface area contributed by atoms with E-state index in [4.69, 9.17) is 5.53 Å². The summed E-state index contributed by atoms with van der Waals surface area (Å²) >= 11 is 0. The Kier molecular flexibility index (Phi) is 3.45. The normalized spacial score (nSPS) is 15.3. The summed E-state index contributed by atoms with van der Waals surface area (Å²) in [6.45, 7) is 0. The van der Waals surface area contributed by atoms with Gasteiger partial charge in [-0.15, -0.1) is 0 Å². The van der Waals surface area contributed by atoms with Crippen LogP contribution in [0.3, 0.4) is 0 Å². The summed E-state index contributed by atoms with van der Waals surface area (Å²) < 4.78 is 31.9. The number of azide groups is 1. The Morgan fingerprint density at radius 1 is 1.25 bits per heavy atom. The van der Waals surface area contributed by atoms with Crippen LogP contribution < -0.4 is 4.90 Å². The number of imide groups is 1. The zero-order chi connectivity index (χ0) is 14.9. The summed E-state index contributed by atoms with van der Waals surface area (Å²) in [6.07, 6.45) is -0.150. The lowest BCUT2D eigenvalue weighted by Gasteiger charge is -2.18. The first kappa shape index (κ1) is 14.0. The van der Waals surface area contributed by atoms with Crippen LogP contribution in [0.4, 0.5) is 11.4 Å². The fourth-order valence-corrected chi connectivity index (χ4v) is 2.59. The summed E-state index contributed by atoms with van der Waals surface area (Å²) in [5.41, 5.74) is 7.82. The fourth-order valence-electron chi connectivity index (χ4n) is 1.90. The molecule has 2 rings (SSSR count). The molecule has 0 saturated carbocycles. The molecule has 1 N–H and O–H groups in total. The van der Waals surface area contributed by atoms with Crippen molar-refractivity contribution in [2.75, 3.05) is 4.90 Å². The molecule has 0 spiro atoms. The van der Waals surface area contributed by atoms with E-state index in [-0.39, 0.29) is 18.5 Å². The van der Waals surface area contributed by atoms with Crippen LogP contribution in [-0.2, 0) is 19.7 Å². The number of rotatable bonds is 3. The first-order valence-corrected chi connectivity index (χ1v) is 6.81. The summed E-state index contributed by atoms with van der Waals surface area (Å²) in [7, 11) is -4.69. The highest BCUT2D eigenvalue weighted by molar-refractivity contribution is 7.86. The van der Waals surface area contributed by atoms with E-state index in [2.05, 4.69) is 10.0 Å². The lowest BCUT2D eigenvalue weighted by atomic mass is 10.2. The maximum Gasteiger partial charge on any atom is 0.296 e. The molecular formula is C10H8N4O5S. The lowest BCUT2D eigenvalue weighted by Crippen LogP contribution is -2.30. The van der Waals surface area contributed by atoms with Gasteiger partial charge >= 0.3 is 0 Å². The first-order valence-electron chi connectivity index (χ1n) is 5.37. The summed E-state index contributed by atoms with van der Waals surface area (Å²) in [5, 5.41) is 3.25. The maximum atomic E-state index is 11.7. The van der Waals surface area contributed by atoms with Gasteiger partial charge < -0.3 is 0 Å². The molecule has 1 fully saturated rings. The number of carbonyl (C=O) groups is 2.